The second-order valence-corrected chi connectivity index (χ2v) is 6.19. The number of amides is 2. The van der Waals surface area contributed by atoms with Crippen molar-refractivity contribution in [3.8, 4) is 0 Å². The van der Waals surface area contributed by atoms with Crippen LogP contribution in [0.4, 0.5) is 11.6 Å². The summed E-state index contributed by atoms with van der Waals surface area (Å²) < 4.78 is 0. The van der Waals surface area contributed by atoms with E-state index in [0.29, 0.717) is 37.8 Å². The van der Waals surface area contributed by atoms with Crippen molar-refractivity contribution in [2.24, 2.45) is 0 Å². The van der Waals surface area contributed by atoms with E-state index in [9.17, 15) is 9.59 Å². The van der Waals surface area contributed by atoms with Gasteiger partial charge in [0.1, 0.15) is 6.42 Å². The topological polar surface area (TPSA) is 78.4 Å². The average molecular weight is 353 g/mol. The monoisotopic (exact) mass is 353 g/mol. The maximum Gasteiger partial charge on any atom is 0.233 e. The van der Waals surface area contributed by atoms with Crippen LogP contribution in [0, 0.1) is 0 Å². The number of hydrogen-bond acceptors (Lipinski definition) is 5. The summed E-state index contributed by atoms with van der Waals surface area (Å²) in [5.41, 5.74) is 1.92. The van der Waals surface area contributed by atoms with Crippen LogP contribution in [-0.4, -0.2) is 52.9 Å². The van der Waals surface area contributed by atoms with Gasteiger partial charge >= 0.3 is 0 Å². The number of carbonyl (C=O) groups is 2. The first-order chi connectivity index (χ1) is 12.7. The fourth-order valence-corrected chi connectivity index (χ4v) is 2.89. The summed E-state index contributed by atoms with van der Waals surface area (Å²) in [7, 11) is 0. The molecule has 0 aliphatic carbocycles. The number of benzene rings is 1. The zero-order valence-electron chi connectivity index (χ0n) is 14.9. The van der Waals surface area contributed by atoms with Crippen LogP contribution in [0.25, 0.3) is 0 Å². The van der Waals surface area contributed by atoms with E-state index in [1.165, 1.54) is 5.56 Å². The van der Waals surface area contributed by atoms with Crippen molar-refractivity contribution in [1.29, 1.82) is 0 Å². The van der Waals surface area contributed by atoms with Crippen LogP contribution in [-0.2, 0) is 16.0 Å². The molecule has 0 unspecified atom stereocenters. The van der Waals surface area contributed by atoms with Crippen LogP contribution in [0.2, 0.25) is 0 Å². The van der Waals surface area contributed by atoms with Crippen molar-refractivity contribution in [1.82, 2.24) is 14.9 Å². The number of piperazine rings is 1. The van der Waals surface area contributed by atoms with Gasteiger partial charge in [-0.15, -0.1) is 0 Å². The van der Waals surface area contributed by atoms with Crippen molar-refractivity contribution in [2.45, 2.75) is 19.8 Å². The fraction of sp³-hybridized carbons (Fsp3) is 0.368. The van der Waals surface area contributed by atoms with Crippen molar-refractivity contribution >= 4 is 23.5 Å². The van der Waals surface area contributed by atoms with Gasteiger partial charge in [0.05, 0.1) is 0 Å². The molecule has 1 aromatic heterocycles. The molecule has 2 heterocycles. The van der Waals surface area contributed by atoms with E-state index < -0.39 is 0 Å². The van der Waals surface area contributed by atoms with E-state index in [0.717, 1.165) is 6.42 Å². The van der Waals surface area contributed by atoms with Crippen molar-refractivity contribution in [2.75, 3.05) is 36.4 Å². The fourth-order valence-electron chi connectivity index (χ4n) is 2.89. The Bertz CT molecular complexity index is 740. The van der Waals surface area contributed by atoms with E-state index in [2.05, 4.69) is 22.2 Å². The molecule has 0 radical (unpaired) electrons. The molecule has 0 atom stereocenters. The van der Waals surface area contributed by atoms with E-state index >= 15 is 0 Å². The number of aromatic nitrogens is 2. The quantitative estimate of drug-likeness (QED) is 0.828. The molecule has 0 spiro atoms. The van der Waals surface area contributed by atoms with Crippen LogP contribution in [0.1, 0.15) is 18.9 Å². The van der Waals surface area contributed by atoms with Crippen LogP contribution >= 0.6 is 0 Å². The molecule has 1 N–H and O–H groups in total. The predicted octanol–water partition coefficient (Wildman–Crippen LogP) is 1.72. The van der Waals surface area contributed by atoms with Gasteiger partial charge in [0, 0.05) is 44.3 Å². The third-order valence-electron chi connectivity index (χ3n) is 4.43. The Morgan fingerprint density at radius 2 is 1.69 bits per heavy atom. The van der Waals surface area contributed by atoms with Gasteiger partial charge in [0.2, 0.25) is 17.8 Å². The Morgan fingerprint density at radius 1 is 1.04 bits per heavy atom. The van der Waals surface area contributed by atoms with E-state index in [1.807, 2.05) is 29.2 Å². The smallest absolute Gasteiger partial charge is 0.233 e. The third-order valence-corrected chi connectivity index (χ3v) is 4.43. The Kier molecular flexibility index (Phi) is 5.78. The zero-order chi connectivity index (χ0) is 18.4. The Labute approximate surface area is 153 Å². The highest BCUT2D eigenvalue weighted by Crippen LogP contribution is 2.12. The summed E-state index contributed by atoms with van der Waals surface area (Å²) in [5, 5.41) is 2.78. The largest absolute Gasteiger partial charge is 0.339 e. The number of anilines is 2. The maximum absolute atomic E-state index is 12.4. The number of rotatable bonds is 5. The Hall–Kier alpha value is -2.96. The molecular formula is C19H23N5O2. The summed E-state index contributed by atoms with van der Waals surface area (Å²) >= 11 is 0. The van der Waals surface area contributed by atoms with Gasteiger partial charge in [-0.2, -0.15) is 0 Å². The lowest BCUT2D eigenvalue weighted by Gasteiger charge is -2.34. The van der Waals surface area contributed by atoms with E-state index in [-0.39, 0.29) is 18.2 Å². The van der Waals surface area contributed by atoms with Gasteiger partial charge < -0.3 is 15.1 Å². The van der Waals surface area contributed by atoms with Crippen LogP contribution in [0.15, 0.2) is 42.7 Å². The Morgan fingerprint density at radius 3 is 2.31 bits per heavy atom. The van der Waals surface area contributed by atoms with Crippen molar-refractivity contribution in [3.63, 3.8) is 0 Å². The van der Waals surface area contributed by atoms with Crippen LogP contribution in [0.3, 0.4) is 0 Å². The molecule has 7 nitrogen and oxygen atoms in total. The van der Waals surface area contributed by atoms with Gasteiger partial charge in [-0.05, 0) is 30.2 Å². The highest BCUT2D eigenvalue weighted by atomic mass is 16.2. The first-order valence-corrected chi connectivity index (χ1v) is 8.84. The molecule has 1 aliphatic heterocycles. The predicted molar refractivity (Wildman–Crippen MR) is 99.9 cm³/mol. The summed E-state index contributed by atoms with van der Waals surface area (Å²) in [6.07, 6.45) is 4.22. The number of nitrogens with one attached hydrogen (secondary N) is 1. The Balaban J connectivity index is 1.47. The zero-order valence-corrected chi connectivity index (χ0v) is 14.9. The van der Waals surface area contributed by atoms with Crippen LogP contribution in [0.5, 0.6) is 0 Å². The maximum atomic E-state index is 12.4. The van der Waals surface area contributed by atoms with Crippen molar-refractivity contribution in [3.05, 3.63) is 48.3 Å². The summed E-state index contributed by atoms with van der Waals surface area (Å²) in [4.78, 5) is 36.7. The molecule has 2 aromatic rings. The molecule has 1 aromatic carbocycles. The minimum atomic E-state index is -0.284. The lowest BCUT2D eigenvalue weighted by atomic mass is 10.1. The number of aryl methyl sites for hydroxylation is 1. The molecular weight excluding hydrogens is 330 g/mol. The SMILES string of the molecule is CCc1ccc(NC(=O)CC(=O)N2CCN(c3ncccn3)CC2)cc1. The highest BCUT2D eigenvalue weighted by Gasteiger charge is 2.23. The average Bonchev–Trinajstić information content (AvgIpc) is 2.69. The van der Waals surface area contributed by atoms with Gasteiger partial charge in [0.15, 0.2) is 0 Å². The molecule has 136 valence electrons. The van der Waals surface area contributed by atoms with E-state index in [4.69, 9.17) is 0 Å². The summed E-state index contributed by atoms with van der Waals surface area (Å²) in [6, 6.07) is 9.45. The molecule has 1 fully saturated rings. The second-order valence-electron chi connectivity index (χ2n) is 6.19. The first kappa shape index (κ1) is 17.8. The van der Waals surface area contributed by atoms with Crippen LogP contribution < -0.4 is 10.2 Å². The van der Waals surface area contributed by atoms with Gasteiger partial charge in [-0.1, -0.05) is 19.1 Å². The molecule has 1 saturated heterocycles. The first-order valence-electron chi connectivity index (χ1n) is 8.84. The number of nitrogens with zero attached hydrogens (tertiary/aromatic N) is 4. The molecule has 0 bridgehead atoms. The molecule has 3 rings (SSSR count). The minimum Gasteiger partial charge on any atom is -0.339 e. The van der Waals surface area contributed by atoms with E-state index in [1.54, 1.807) is 23.4 Å². The van der Waals surface area contributed by atoms with Gasteiger partial charge in [-0.25, -0.2) is 9.97 Å². The highest BCUT2D eigenvalue weighted by molar-refractivity contribution is 6.03. The summed E-state index contributed by atoms with van der Waals surface area (Å²) in [5.74, 6) is 0.238. The molecule has 7 heteroatoms. The van der Waals surface area contributed by atoms with Crippen molar-refractivity contribution < 1.29 is 9.59 Å². The van der Waals surface area contributed by atoms with Gasteiger partial charge in [0.25, 0.3) is 0 Å². The standard InChI is InChI=1S/C19H23N5O2/c1-2-15-4-6-16(7-5-15)22-17(25)14-18(26)23-10-12-24(13-11-23)19-20-8-3-9-21-19/h3-9H,2,10-14H2,1H3,(H,22,25). The van der Waals surface area contributed by atoms with Gasteiger partial charge in [-0.3, -0.25) is 9.59 Å². The molecule has 2 amide bonds. The summed E-state index contributed by atoms with van der Waals surface area (Å²) in [6.45, 7) is 4.53. The minimum absolute atomic E-state index is 0.142. The lowest BCUT2D eigenvalue weighted by molar-refractivity contribution is -0.134. The molecule has 1 aliphatic rings. The number of carbonyl (C=O) groups excluding carboxylic acids is 2. The molecule has 0 saturated carbocycles. The third kappa shape index (κ3) is 4.56. The number of hydrogen-bond donors (Lipinski definition) is 1. The second kappa shape index (κ2) is 8.42. The normalized spacial score (nSPS) is 14.2. The molecule has 26 heavy (non-hydrogen) atoms. The lowest BCUT2D eigenvalue weighted by Crippen LogP contribution is -2.49.